The summed E-state index contributed by atoms with van der Waals surface area (Å²) in [5.41, 5.74) is -0.505. The van der Waals surface area contributed by atoms with Gasteiger partial charge in [-0.05, 0) is 11.8 Å². The van der Waals surface area contributed by atoms with E-state index in [-0.39, 0.29) is 6.04 Å². The predicted molar refractivity (Wildman–Crippen MR) is 51.3 cm³/mol. The molecule has 0 aromatic heterocycles. The highest BCUT2D eigenvalue weighted by molar-refractivity contribution is 7.88. The molecule has 0 unspecified atom stereocenters. The van der Waals surface area contributed by atoms with Crippen LogP contribution in [0.1, 0.15) is 20.3 Å². The fourth-order valence-corrected chi connectivity index (χ4v) is 2.72. The molecular weight excluding hydrogens is 206 g/mol. The number of hydrogen-bond acceptors (Lipinski definition) is 3. The first-order valence-corrected chi connectivity index (χ1v) is 6.24. The molecular formula is C8H15NO4S. The van der Waals surface area contributed by atoms with Crippen molar-refractivity contribution in [2.45, 2.75) is 26.3 Å². The van der Waals surface area contributed by atoms with Crippen LogP contribution in [-0.2, 0) is 14.8 Å². The molecule has 2 atom stereocenters. The van der Waals surface area contributed by atoms with Crippen LogP contribution in [0, 0.1) is 11.3 Å². The number of sulfonamides is 1. The average molecular weight is 221 g/mol. The van der Waals surface area contributed by atoms with E-state index in [0.29, 0.717) is 6.42 Å². The Morgan fingerprint density at radius 3 is 2.29 bits per heavy atom. The zero-order valence-corrected chi connectivity index (χ0v) is 9.26. The first-order chi connectivity index (χ1) is 6.14. The number of rotatable bonds is 3. The summed E-state index contributed by atoms with van der Waals surface area (Å²) in [5.74, 6) is -1.32. The fraction of sp³-hybridized carbons (Fsp3) is 0.875. The minimum atomic E-state index is -3.25. The van der Waals surface area contributed by atoms with Crippen LogP contribution in [0.3, 0.4) is 0 Å². The second-order valence-electron chi connectivity index (χ2n) is 4.39. The van der Waals surface area contributed by atoms with Crippen molar-refractivity contribution in [1.82, 2.24) is 4.72 Å². The lowest BCUT2D eigenvalue weighted by molar-refractivity contribution is -0.154. The second-order valence-corrected chi connectivity index (χ2v) is 6.17. The average Bonchev–Trinajstić information content (AvgIpc) is 1.94. The highest BCUT2D eigenvalue weighted by Gasteiger charge is 2.52. The number of carbonyl (C=O) groups is 1. The van der Waals surface area contributed by atoms with Gasteiger partial charge in [-0.25, -0.2) is 13.1 Å². The summed E-state index contributed by atoms with van der Waals surface area (Å²) >= 11 is 0. The predicted octanol–water partition coefficient (Wildman–Crippen LogP) is 0.0349. The Labute approximate surface area is 83.6 Å². The zero-order valence-electron chi connectivity index (χ0n) is 8.44. The summed E-state index contributed by atoms with van der Waals surface area (Å²) in [6.45, 7) is 3.52. The largest absolute Gasteiger partial charge is 0.481 e. The Morgan fingerprint density at radius 2 is 2.00 bits per heavy atom. The highest BCUT2D eigenvalue weighted by Crippen LogP contribution is 2.46. The van der Waals surface area contributed by atoms with Crippen molar-refractivity contribution in [2.75, 3.05) is 6.26 Å². The zero-order chi connectivity index (χ0) is 11.1. The van der Waals surface area contributed by atoms with Crippen LogP contribution < -0.4 is 4.72 Å². The first kappa shape index (κ1) is 11.5. The van der Waals surface area contributed by atoms with Crippen LogP contribution in [-0.4, -0.2) is 31.8 Å². The molecule has 1 aliphatic carbocycles. The molecule has 1 saturated carbocycles. The molecule has 1 aliphatic rings. The summed E-state index contributed by atoms with van der Waals surface area (Å²) in [6, 6.07) is -0.265. The van der Waals surface area contributed by atoms with Gasteiger partial charge in [-0.2, -0.15) is 0 Å². The van der Waals surface area contributed by atoms with Crippen molar-refractivity contribution in [3.63, 3.8) is 0 Å². The lowest BCUT2D eigenvalue weighted by Crippen LogP contribution is -2.60. The summed E-state index contributed by atoms with van der Waals surface area (Å²) in [6.07, 6.45) is 1.45. The molecule has 5 nitrogen and oxygen atoms in total. The van der Waals surface area contributed by atoms with E-state index >= 15 is 0 Å². The van der Waals surface area contributed by atoms with E-state index in [1.807, 2.05) is 0 Å². The third-order valence-electron chi connectivity index (χ3n) is 2.92. The normalized spacial score (nSPS) is 30.8. The maximum Gasteiger partial charge on any atom is 0.307 e. The molecule has 6 heteroatoms. The molecule has 0 radical (unpaired) electrons. The Kier molecular flexibility index (Phi) is 2.62. The molecule has 0 aromatic carbocycles. The smallest absolute Gasteiger partial charge is 0.307 e. The maximum atomic E-state index is 10.9. The van der Waals surface area contributed by atoms with Gasteiger partial charge in [-0.3, -0.25) is 4.79 Å². The van der Waals surface area contributed by atoms with Gasteiger partial charge in [0.15, 0.2) is 0 Å². The third-order valence-corrected chi connectivity index (χ3v) is 3.63. The molecule has 0 spiro atoms. The minimum absolute atomic E-state index is 0.265. The van der Waals surface area contributed by atoms with E-state index in [9.17, 15) is 13.2 Å². The summed E-state index contributed by atoms with van der Waals surface area (Å²) in [7, 11) is -3.25. The molecule has 2 N–H and O–H groups in total. The van der Waals surface area contributed by atoms with Gasteiger partial charge in [0, 0.05) is 6.04 Å². The second kappa shape index (κ2) is 3.20. The number of hydrogen-bond donors (Lipinski definition) is 2. The van der Waals surface area contributed by atoms with Gasteiger partial charge in [-0.1, -0.05) is 13.8 Å². The van der Waals surface area contributed by atoms with Gasteiger partial charge in [0.05, 0.1) is 12.2 Å². The molecule has 0 saturated heterocycles. The number of aliphatic carboxylic acids is 1. The summed E-state index contributed by atoms with van der Waals surface area (Å²) < 4.78 is 24.3. The van der Waals surface area contributed by atoms with E-state index < -0.39 is 27.3 Å². The Bertz CT molecular complexity index is 346. The number of carboxylic acids is 1. The number of carboxylic acid groups (broad SMARTS) is 1. The van der Waals surface area contributed by atoms with Gasteiger partial charge >= 0.3 is 5.97 Å². The maximum absolute atomic E-state index is 10.9. The van der Waals surface area contributed by atoms with Crippen LogP contribution in [0.25, 0.3) is 0 Å². The van der Waals surface area contributed by atoms with Crippen LogP contribution in [0.4, 0.5) is 0 Å². The van der Waals surface area contributed by atoms with E-state index in [2.05, 4.69) is 4.72 Å². The van der Waals surface area contributed by atoms with Crippen molar-refractivity contribution in [3.05, 3.63) is 0 Å². The molecule has 0 bridgehead atoms. The van der Waals surface area contributed by atoms with Gasteiger partial charge < -0.3 is 5.11 Å². The molecule has 1 rings (SSSR count). The minimum Gasteiger partial charge on any atom is -0.481 e. The lowest BCUT2D eigenvalue weighted by Gasteiger charge is -2.49. The molecule has 0 aromatic rings. The fourth-order valence-electron chi connectivity index (χ4n) is 1.80. The molecule has 0 amide bonds. The highest BCUT2D eigenvalue weighted by atomic mass is 32.2. The van der Waals surface area contributed by atoms with Crippen molar-refractivity contribution in [2.24, 2.45) is 11.3 Å². The monoisotopic (exact) mass is 221 g/mol. The Hall–Kier alpha value is -0.620. The van der Waals surface area contributed by atoms with Crippen LogP contribution in [0.5, 0.6) is 0 Å². The molecule has 14 heavy (non-hydrogen) atoms. The molecule has 82 valence electrons. The van der Waals surface area contributed by atoms with Gasteiger partial charge in [0.25, 0.3) is 0 Å². The van der Waals surface area contributed by atoms with Crippen molar-refractivity contribution >= 4 is 16.0 Å². The van der Waals surface area contributed by atoms with Gasteiger partial charge in [0.1, 0.15) is 0 Å². The topological polar surface area (TPSA) is 83.5 Å². The van der Waals surface area contributed by atoms with Gasteiger partial charge in [-0.15, -0.1) is 0 Å². The summed E-state index contributed by atoms with van der Waals surface area (Å²) in [4.78, 5) is 10.7. The Morgan fingerprint density at radius 1 is 1.50 bits per heavy atom. The van der Waals surface area contributed by atoms with Crippen LogP contribution >= 0.6 is 0 Å². The standard InChI is InChI=1S/C8H15NO4S/c1-8(2)5(7(10)11)4-6(8)9-14(3,12)13/h5-6,9H,4H2,1-3H3,(H,10,11)/t5-,6-/m1/s1. The number of nitrogens with one attached hydrogen (secondary N) is 1. The van der Waals surface area contributed by atoms with E-state index in [4.69, 9.17) is 5.11 Å². The molecule has 1 fully saturated rings. The van der Waals surface area contributed by atoms with E-state index in [1.165, 1.54) is 0 Å². The third kappa shape index (κ3) is 2.06. The van der Waals surface area contributed by atoms with E-state index in [0.717, 1.165) is 6.26 Å². The van der Waals surface area contributed by atoms with E-state index in [1.54, 1.807) is 13.8 Å². The quantitative estimate of drug-likeness (QED) is 0.704. The lowest BCUT2D eigenvalue weighted by atomic mass is 9.59. The summed E-state index contributed by atoms with van der Waals surface area (Å²) in [5, 5.41) is 8.81. The van der Waals surface area contributed by atoms with Crippen LogP contribution in [0.2, 0.25) is 0 Å². The van der Waals surface area contributed by atoms with Crippen LogP contribution in [0.15, 0.2) is 0 Å². The van der Waals surface area contributed by atoms with Crippen molar-refractivity contribution in [1.29, 1.82) is 0 Å². The first-order valence-electron chi connectivity index (χ1n) is 4.34. The molecule has 0 aliphatic heterocycles. The SMILES string of the molecule is CC1(C)[C@@H](C(=O)O)C[C@H]1NS(C)(=O)=O. The van der Waals surface area contributed by atoms with Gasteiger partial charge in [0.2, 0.25) is 10.0 Å². The van der Waals surface area contributed by atoms with Crippen molar-refractivity contribution in [3.8, 4) is 0 Å². The van der Waals surface area contributed by atoms with Crippen molar-refractivity contribution < 1.29 is 18.3 Å². The molecule has 0 heterocycles. The Balaban J connectivity index is 2.69.